The second kappa shape index (κ2) is 3.45. The molecular formula is C9H7ClO3S2. The van der Waals surface area contributed by atoms with E-state index in [1.807, 2.05) is 0 Å². The van der Waals surface area contributed by atoms with Crippen LogP contribution in [-0.4, -0.2) is 13.0 Å². The summed E-state index contributed by atoms with van der Waals surface area (Å²) in [6, 6.07) is 4.98. The van der Waals surface area contributed by atoms with E-state index in [0.29, 0.717) is 20.0 Å². The van der Waals surface area contributed by atoms with Crippen LogP contribution in [0, 0.1) is 6.92 Å². The van der Waals surface area contributed by atoms with Crippen LogP contribution >= 0.6 is 22.9 Å². The number of fused-ring (bicyclic) bond motifs is 1. The minimum atomic E-state index is -4.18. The van der Waals surface area contributed by atoms with Crippen LogP contribution in [0.1, 0.15) is 4.88 Å². The van der Waals surface area contributed by atoms with E-state index in [1.54, 1.807) is 25.1 Å². The number of thiophene rings is 1. The summed E-state index contributed by atoms with van der Waals surface area (Å²) in [7, 11) is -4.18. The average Bonchev–Trinajstić information content (AvgIpc) is 2.41. The van der Waals surface area contributed by atoms with Crippen LogP contribution in [-0.2, 0) is 10.1 Å². The minimum Gasteiger partial charge on any atom is -0.282 e. The van der Waals surface area contributed by atoms with Gasteiger partial charge in [-0.15, -0.1) is 11.3 Å². The Hall–Kier alpha value is -0.620. The molecular weight excluding hydrogens is 256 g/mol. The van der Waals surface area contributed by atoms with E-state index in [9.17, 15) is 8.42 Å². The van der Waals surface area contributed by atoms with Gasteiger partial charge < -0.3 is 0 Å². The van der Waals surface area contributed by atoms with Gasteiger partial charge in [0.2, 0.25) is 0 Å². The zero-order valence-electron chi connectivity index (χ0n) is 7.69. The van der Waals surface area contributed by atoms with Crippen LogP contribution in [0.2, 0.25) is 5.02 Å². The smallest absolute Gasteiger partial charge is 0.282 e. The van der Waals surface area contributed by atoms with Crippen molar-refractivity contribution >= 4 is 43.1 Å². The molecule has 0 aliphatic carbocycles. The van der Waals surface area contributed by atoms with Crippen molar-refractivity contribution in [1.82, 2.24) is 0 Å². The molecule has 6 heteroatoms. The van der Waals surface area contributed by atoms with Crippen molar-refractivity contribution < 1.29 is 13.0 Å². The van der Waals surface area contributed by atoms with Crippen LogP contribution in [0.3, 0.4) is 0 Å². The van der Waals surface area contributed by atoms with Gasteiger partial charge in [0, 0.05) is 10.3 Å². The summed E-state index contributed by atoms with van der Waals surface area (Å²) in [5.74, 6) is 0. The van der Waals surface area contributed by atoms with Gasteiger partial charge in [-0.25, -0.2) is 0 Å². The van der Waals surface area contributed by atoms with Crippen molar-refractivity contribution in [1.29, 1.82) is 0 Å². The Morgan fingerprint density at radius 2 is 2.07 bits per heavy atom. The Bertz CT molecular complexity index is 628. The van der Waals surface area contributed by atoms with E-state index in [0.717, 1.165) is 0 Å². The van der Waals surface area contributed by atoms with Gasteiger partial charge >= 0.3 is 0 Å². The molecule has 1 heterocycles. The van der Waals surface area contributed by atoms with Crippen LogP contribution < -0.4 is 0 Å². The molecule has 0 unspecified atom stereocenters. The van der Waals surface area contributed by atoms with Gasteiger partial charge in [0.1, 0.15) is 4.90 Å². The molecule has 1 aromatic carbocycles. The summed E-state index contributed by atoms with van der Waals surface area (Å²) in [5, 5.41) is 0.975. The predicted octanol–water partition coefficient (Wildman–Crippen LogP) is 3.11. The molecule has 0 bridgehead atoms. The molecule has 0 spiro atoms. The van der Waals surface area contributed by atoms with Gasteiger partial charge in [0.15, 0.2) is 0 Å². The van der Waals surface area contributed by atoms with Crippen LogP contribution in [0.25, 0.3) is 10.1 Å². The van der Waals surface area contributed by atoms with E-state index >= 15 is 0 Å². The number of hydrogen-bond donors (Lipinski definition) is 1. The molecule has 0 saturated heterocycles. The Morgan fingerprint density at radius 1 is 1.40 bits per heavy atom. The molecule has 80 valence electrons. The summed E-state index contributed by atoms with van der Waals surface area (Å²) in [6.07, 6.45) is 0. The molecule has 0 aliphatic heterocycles. The Balaban J connectivity index is 2.99. The SMILES string of the molecule is Cc1sc2c(Cl)cccc2c1S(=O)(=O)O. The van der Waals surface area contributed by atoms with Crippen LogP contribution in [0.15, 0.2) is 23.1 Å². The predicted molar refractivity (Wildman–Crippen MR) is 61.4 cm³/mol. The van der Waals surface area contributed by atoms with Gasteiger partial charge in [0.25, 0.3) is 10.1 Å². The van der Waals surface area contributed by atoms with Gasteiger partial charge in [0.05, 0.1) is 9.72 Å². The fourth-order valence-corrected chi connectivity index (χ4v) is 4.06. The fourth-order valence-electron chi connectivity index (χ4n) is 1.50. The lowest BCUT2D eigenvalue weighted by Crippen LogP contribution is -1.98. The van der Waals surface area contributed by atoms with Crippen molar-refractivity contribution in [2.75, 3.05) is 0 Å². The standard InChI is InChI=1S/C9H7ClO3S2/c1-5-9(15(11,12)13)6-3-2-4-7(10)8(6)14-5/h2-4H,1H3,(H,11,12,13). The molecule has 0 saturated carbocycles. The van der Waals surface area contributed by atoms with Crippen LogP contribution in [0.4, 0.5) is 0 Å². The summed E-state index contributed by atoms with van der Waals surface area (Å²) < 4.78 is 32.1. The number of benzene rings is 1. The third-order valence-electron chi connectivity index (χ3n) is 2.04. The molecule has 0 amide bonds. The molecule has 0 fully saturated rings. The summed E-state index contributed by atoms with van der Waals surface area (Å²) in [4.78, 5) is 0.505. The summed E-state index contributed by atoms with van der Waals surface area (Å²) in [6.45, 7) is 1.64. The van der Waals surface area contributed by atoms with Crippen molar-refractivity contribution in [2.45, 2.75) is 11.8 Å². The van der Waals surface area contributed by atoms with Crippen molar-refractivity contribution in [3.05, 3.63) is 28.1 Å². The number of rotatable bonds is 1. The zero-order chi connectivity index (χ0) is 11.2. The lowest BCUT2D eigenvalue weighted by Gasteiger charge is -1.96. The molecule has 0 aliphatic rings. The fraction of sp³-hybridized carbons (Fsp3) is 0.111. The van der Waals surface area contributed by atoms with Gasteiger partial charge in [-0.2, -0.15) is 8.42 Å². The van der Waals surface area contributed by atoms with E-state index in [-0.39, 0.29) is 4.90 Å². The third kappa shape index (κ3) is 1.76. The van der Waals surface area contributed by atoms with E-state index in [1.165, 1.54) is 11.3 Å². The highest BCUT2D eigenvalue weighted by Gasteiger charge is 2.20. The maximum absolute atomic E-state index is 11.2. The van der Waals surface area contributed by atoms with Gasteiger partial charge in [-0.1, -0.05) is 23.7 Å². The molecule has 2 aromatic rings. The highest BCUT2D eigenvalue weighted by molar-refractivity contribution is 7.86. The first kappa shape index (κ1) is 10.9. The van der Waals surface area contributed by atoms with E-state index in [2.05, 4.69) is 0 Å². The van der Waals surface area contributed by atoms with Crippen molar-refractivity contribution in [2.24, 2.45) is 0 Å². The highest BCUT2D eigenvalue weighted by atomic mass is 35.5. The maximum Gasteiger partial charge on any atom is 0.296 e. The van der Waals surface area contributed by atoms with Gasteiger partial charge in [-0.05, 0) is 13.0 Å². The lowest BCUT2D eigenvalue weighted by molar-refractivity contribution is 0.484. The zero-order valence-corrected chi connectivity index (χ0v) is 10.1. The first-order valence-corrected chi connectivity index (χ1v) is 6.70. The molecule has 3 nitrogen and oxygen atoms in total. The first-order chi connectivity index (χ1) is 6.91. The third-order valence-corrected chi connectivity index (χ3v) is 4.80. The first-order valence-electron chi connectivity index (χ1n) is 4.06. The monoisotopic (exact) mass is 262 g/mol. The highest BCUT2D eigenvalue weighted by Crippen LogP contribution is 2.37. The summed E-state index contributed by atoms with van der Waals surface area (Å²) >= 11 is 7.19. The largest absolute Gasteiger partial charge is 0.296 e. The molecule has 15 heavy (non-hydrogen) atoms. The Morgan fingerprint density at radius 3 is 2.67 bits per heavy atom. The number of hydrogen-bond acceptors (Lipinski definition) is 3. The van der Waals surface area contributed by atoms with Crippen molar-refractivity contribution in [3.8, 4) is 0 Å². The maximum atomic E-state index is 11.2. The average molecular weight is 263 g/mol. The van der Waals surface area contributed by atoms with Crippen LogP contribution in [0.5, 0.6) is 0 Å². The Labute approximate surface area is 96.1 Å². The number of halogens is 1. The van der Waals surface area contributed by atoms with E-state index < -0.39 is 10.1 Å². The normalized spacial score (nSPS) is 12.2. The second-order valence-electron chi connectivity index (χ2n) is 3.08. The lowest BCUT2D eigenvalue weighted by atomic mass is 10.2. The molecule has 1 aromatic heterocycles. The molecule has 1 N–H and O–H groups in total. The second-order valence-corrected chi connectivity index (χ2v) is 6.07. The van der Waals surface area contributed by atoms with Gasteiger partial charge in [-0.3, -0.25) is 4.55 Å². The molecule has 0 radical (unpaired) electrons. The topological polar surface area (TPSA) is 54.4 Å². The quantitative estimate of drug-likeness (QED) is 0.804. The van der Waals surface area contributed by atoms with Crippen molar-refractivity contribution in [3.63, 3.8) is 0 Å². The molecule has 0 atom stereocenters. The van der Waals surface area contributed by atoms with E-state index in [4.69, 9.17) is 16.2 Å². The molecule has 2 rings (SSSR count). The summed E-state index contributed by atoms with van der Waals surface area (Å²) in [5.41, 5.74) is 0. The minimum absolute atomic E-state index is 0.0370. The Kier molecular flexibility index (Phi) is 2.50. The number of aryl methyl sites for hydroxylation is 1.